The summed E-state index contributed by atoms with van der Waals surface area (Å²) in [5.74, 6) is 0.541. The van der Waals surface area contributed by atoms with Gasteiger partial charge in [0.1, 0.15) is 24.1 Å². The number of ether oxygens (including phenoxy) is 2. The molecule has 0 aliphatic heterocycles. The average Bonchev–Trinajstić information content (AvgIpc) is 3.40. The lowest BCUT2D eigenvalue weighted by Crippen LogP contribution is -2.53. The van der Waals surface area contributed by atoms with Crippen molar-refractivity contribution < 1.29 is 27.5 Å². The van der Waals surface area contributed by atoms with Crippen molar-refractivity contribution in [2.45, 2.75) is 64.6 Å². The molecule has 10 heteroatoms. The Hall–Kier alpha value is -3.27. The van der Waals surface area contributed by atoms with Crippen molar-refractivity contribution in [3.8, 4) is 11.5 Å². The van der Waals surface area contributed by atoms with Crippen LogP contribution >= 0.6 is 0 Å². The highest BCUT2D eigenvalue weighted by Crippen LogP contribution is 2.24. The molecule has 1 saturated carbocycles. The molecule has 1 aliphatic rings. The van der Waals surface area contributed by atoms with Crippen LogP contribution in [0.15, 0.2) is 48.5 Å². The SMILES string of the molecule is CCOc1ccc(N(CC(=O)N(Cc2cccc(OC)c2)[C@@H](CC)C(=O)NC2CCCC2)S(C)(=O)=O)cc1. The summed E-state index contributed by atoms with van der Waals surface area (Å²) < 4.78 is 37.4. The number of rotatable bonds is 13. The Morgan fingerprint density at radius 3 is 2.32 bits per heavy atom. The molecule has 0 bridgehead atoms. The van der Waals surface area contributed by atoms with Crippen molar-refractivity contribution >= 4 is 27.5 Å². The number of carbonyl (C=O) groups is 2. The molecule has 0 saturated heterocycles. The van der Waals surface area contributed by atoms with Crippen LogP contribution < -0.4 is 19.1 Å². The monoisotopic (exact) mass is 545 g/mol. The fraction of sp³-hybridized carbons (Fsp3) is 0.500. The lowest BCUT2D eigenvalue weighted by Gasteiger charge is -2.33. The summed E-state index contributed by atoms with van der Waals surface area (Å²) in [6.45, 7) is 3.89. The minimum atomic E-state index is -3.80. The van der Waals surface area contributed by atoms with E-state index in [0.717, 1.165) is 41.8 Å². The quantitative estimate of drug-likeness (QED) is 0.411. The molecule has 2 amide bonds. The Bertz CT molecular complexity index is 1180. The zero-order chi connectivity index (χ0) is 27.7. The Morgan fingerprint density at radius 1 is 1.05 bits per heavy atom. The van der Waals surface area contributed by atoms with Gasteiger partial charge in [0.25, 0.3) is 0 Å². The summed E-state index contributed by atoms with van der Waals surface area (Å²) in [5.41, 5.74) is 1.12. The molecule has 0 spiro atoms. The van der Waals surface area contributed by atoms with Crippen LogP contribution in [0.25, 0.3) is 0 Å². The number of hydrogen-bond donors (Lipinski definition) is 1. The molecule has 1 N–H and O–H groups in total. The Labute approximate surface area is 226 Å². The van der Waals surface area contributed by atoms with Gasteiger partial charge in [-0.15, -0.1) is 0 Å². The van der Waals surface area contributed by atoms with E-state index in [-0.39, 0.29) is 18.5 Å². The summed E-state index contributed by atoms with van der Waals surface area (Å²) in [6, 6.07) is 13.2. The predicted molar refractivity (Wildman–Crippen MR) is 148 cm³/mol. The van der Waals surface area contributed by atoms with Crippen molar-refractivity contribution in [3.05, 3.63) is 54.1 Å². The maximum atomic E-state index is 13.8. The van der Waals surface area contributed by atoms with Gasteiger partial charge in [-0.3, -0.25) is 13.9 Å². The minimum absolute atomic E-state index is 0.0988. The Kier molecular flexibility index (Phi) is 10.4. The molecule has 1 atom stereocenters. The molecular weight excluding hydrogens is 506 g/mol. The summed E-state index contributed by atoms with van der Waals surface area (Å²) in [6.07, 6.45) is 5.43. The van der Waals surface area contributed by atoms with Gasteiger partial charge in [0.05, 0.1) is 25.7 Å². The second-order valence-electron chi connectivity index (χ2n) is 9.48. The average molecular weight is 546 g/mol. The fourth-order valence-corrected chi connectivity index (χ4v) is 5.59. The molecule has 3 rings (SSSR count). The van der Waals surface area contributed by atoms with E-state index in [1.807, 2.05) is 32.0 Å². The first-order valence-corrected chi connectivity index (χ1v) is 14.9. The fourth-order valence-electron chi connectivity index (χ4n) is 4.74. The zero-order valence-corrected chi connectivity index (χ0v) is 23.5. The second-order valence-corrected chi connectivity index (χ2v) is 11.4. The van der Waals surface area contributed by atoms with Gasteiger partial charge in [-0.05, 0) is 68.1 Å². The normalized spacial score (nSPS) is 14.5. The van der Waals surface area contributed by atoms with E-state index in [4.69, 9.17) is 9.47 Å². The zero-order valence-electron chi connectivity index (χ0n) is 22.7. The molecule has 0 unspecified atom stereocenters. The lowest BCUT2D eigenvalue weighted by molar-refractivity contribution is -0.140. The molecule has 1 fully saturated rings. The first-order chi connectivity index (χ1) is 18.2. The molecule has 0 radical (unpaired) electrons. The van der Waals surface area contributed by atoms with E-state index in [9.17, 15) is 18.0 Å². The molecule has 208 valence electrons. The molecule has 0 heterocycles. The summed E-state index contributed by atoms with van der Waals surface area (Å²) in [7, 11) is -2.24. The number of sulfonamides is 1. The van der Waals surface area contributed by atoms with Gasteiger partial charge < -0.3 is 19.7 Å². The van der Waals surface area contributed by atoms with Crippen LogP contribution in [0.4, 0.5) is 5.69 Å². The smallest absolute Gasteiger partial charge is 0.244 e. The topological polar surface area (TPSA) is 105 Å². The van der Waals surface area contributed by atoms with E-state index < -0.39 is 28.5 Å². The van der Waals surface area contributed by atoms with Gasteiger partial charge >= 0.3 is 0 Å². The maximum Gasteiger partial charge on any atom is 0.244 e. The summed E-state index contributed by atoms with van der Waals surface area (Å²) in [4.78, 5) is 28.7. The van der Waals surface area contributed by atoms with Crippen molar-refractivity contribution in [3.63, 3.8) is 0 Å². The van der Waals surface area contributed by atoms with Gasteiger partial charge in [-0.1, -0.05) is 31.9 Å². The van der Waals surface area contributed by atoms with Crippen LogP contribution in [0.1, 0.15) is 51.5 Å². The number of anilines is 1. The third-order valence-electron chi connectivity index (χ3n) is 6.69. The van der Waals surface area contributed by atoms with Crippen LogP contribution in [0.3, 0.4) is 0 Å². The molecular formula is C28H39N3O6S. The van der Waals surface area contributed by atoms with Gasteiger partial charge in [-0.25, -0.2) is 8.42 Å². The number of amides is 2. The van der Waals surface area contributed by atoms with Crippen LogP contribution in [0.5, 0.6) is 11.5 Å². The minimum Gasteiger partial charge on any atom is -0.497 e. The van der Waals surface area contributed by atoms with Gasteiger partial charge in [0, 0.05) is 12.6 Å². The van der Waals surface area contributed by atoms with E-state index >= 15 is 0 Å². The highest BCUT2D eigenvalue weighted by atomic mass is 32.2. The molecule has 9 nitrogen and oxygen atoms in total. The highest BCUT2D eigenvalue weighted by molar-refractivity contribution is 7.92. The van der Waals surface area contributed by atoms with Crippen molar-refractivity contribution in [2.75, 3.05) is 30.8 Å². The number of hydrogen-bond acceptors (Lipinski definition) is 6. The molecule has 1 aliphatic carbocycles. The largest absolute Gasteiger partial charge is 0.497 e. The Morgan fingerprint density at radius 2 is 1.74 bits per heavy atom. The van der Waals surface area contributed by atoms with Crippen molar-refractivity contribution in [1.82, 2.24) is 10.2 Å². The van der Waals surface area contributed by atoms with Gasteiger partial charge in [0.2, 0.25) is 21.8 Å². The first-order valence-electron chi connectivity index (χ1n) is 13.1. The third-order valence-corrected chi connectivity index (χ3v) is 7.83. The highest BCUT2D eigenvalue weighted by Gasteiger charge is 2.33. The number of nitrogens with one attached hydrogen (secondary N) is 1. The van der Waals surface area contributed by atoms with E-state index in [1.54, 1.807) is 37.4 Å². The summed E-state index contributed by atoms with van der Waals surface area (Å²) in [5, 5.41) is 3.10. The van der Waals surface area contributed by atoms with E-state index in [2.05, 4.69) is 5.32 Å². The molecule has 0 aromatic heterocycles. The molecule has 2 aromatic rings. The van der Waals surface area contributed by atoms with E-state index in [0.29, 0.717) is 30.2 Å². The van der Waals surface area contributed by atoms with Crippen LogP contribution in [-0.2, 0) is 26.2 Å². The van der Waals surface area contributed by atoms with Crippen LogP contribution in [-0.4, -0.2) is 63.7 Å². The van der Waals surface area contributed by atoms with Crippen molar-refractivity contribution in [1.29, 1.82) is 0 Å². The number of nitrogens with zero attached hydrogens (tertiary/aromatic N) is 2. The third kappa shape index (κ3) is 7.86. The summed E-state index contributed by atoms with van der Waals surface area (Å²) >= 11 is 0. The predicted octanol–water partition coefficient (Wildman–Crippen LogP) is 3.73. The standard InChI is InChI=1S/C28H39N3O6S/c1-5-26(28(33)29-22-11-7-8-12-22)30(19-21-10-9-13-25(18-21)36-3)27(32)20-31(38(4,34)35)23-14-16-24(17-15-23)37-6-2/h9-10,13-18,22,26H,5-8,11-12,19-20H2,1-4H3,(H,29,33)/t26-/m0/s1. The van der Waals surface area contributed by atoms with Crippen molar-refractivity contribution in [2.24, 2.45) is 0 Å². The number of benzene rings is 2. The Balaban J connectivity index is 1.91. The molecule has 2 aromatic carbocycles. The lowest BCUT2D eigenvalue weighted by atomic mass is 10.1. The number of carbonyl (C=O) groups excluding carboxylic acids is 2. The van der Waals surface area contributed by atoms with Gasteiger partial charge in [-0.2, -0.15) is 0 Å². The molecule has 38 heavy (non-hydrogen) atoms. The first kappa shape index (κ1) is 29.3. The van der Waals surface area contributed by atoms with Crippen LogP contribution in [0, 0.1) is 0 Å². The second kappa shape index (κ2) is 13.5. The maximum absolute atomic E-state index is 13.8. The number of methoxy groups -OCH3 is 1. The van der Waals surface area contributed by atoms with E-state index in [1.165, 1.54) is 4.90 Å². The van der Waals surface area contributed by atoms with Crippen LogP contribution in [0.2, 0.25) is 0 Å². The van der Waals surface area contributed by atoms with Gasteiger partial charge in [0.15, 0.2) is 0 Å².